The second-order valence-electron chi connectivity index (χ2n) is 11.3. The first-order valence-electron chi connectivity index (χ1n) is 16.0. The number of carbonyl (C=O) groups excluding carboxylic acids is 1. The molecule has 0 aromatic carbocycles. The zero-order chi connectivity index (χ0) is 31.5. The molecule has 3 rings (SSSR count). The minimum absolute atomic E-state index is 0.0224. The molecule has 3 aliphatic rings. The third-order valence-corrected chi connectivity index (χ3v) is 11.3. The number of amides is 2. The van der Waals surface area contributed by atoms with E-state index >= 15 is 0 Å². The molecule has 42 heavy (non-hydrogen) atoms. The molecule has 0 unspecified atom stereocenters. The lowest BCUT2D eigenvalue weighted by molar-refractivity contribution is -0.122. The Balaban J connectivity index is 0.00000165. The van der Waals surface area contributed by atoms with Crippen molar-refractivity contribution < 1.29 is 23.1 Å². The van der Waals surface area contributed by atoms with Gasteiger partial charge in [-0.2, -0.15) is 4.31 Å². The number of nitrogens with one attached hydrogen (secondary N) is 1. The Morgan fingerprint density at radius 1 is 1.00 bits per heavy atom. The SMILES string of the molecule is C=C(NC(=O)N(C1CCCCCC1)C1CCC(C)CC1)S/C(=C\C)CN1CCN(S(=O)(=O)CCC)CC1.CC.O=CO. The highest BCUT2D eigenvalue weighted by Crippen LogP contribution is 2.33. The first-order chi connectivity index (χ1) is 20.1. The number of hydrogen-bond donors (Lipinski definition) is 2. The average molecular weight is 631 g/mol. The minimum Gasteiger partial charge on any atom is -0.483 e. The van der Waals surface area contributed by atoms with Crippen LogP contribution in [0.4, 0.5) is 4.79 Å². The van der Waals surface area contributed by atoms with E-state index in [-0.39, 0.29) is 18.3 Å². The van der Waals surface area contributed by atoms with Gasteiger partial charge in [0, 0.05) is 49.7 Å². The van der Waals surface area contributed by atoms with Crippen LogP contribution in [0.15, 0.2) is 22.6 Å². The maximum atomic E-state index is 13.6. The summed E-state index contributed by atoms with van der Waals surface area (Å²) >= 11 is 1.53. The Labute approximate surface area is 260 Å². The molecule has 2 N–H and O–H groups in total. The number of thioether (sulfide) groups is 1. The summed E-state index contributed by atoms with van der Waals surface area (Å²) in [6, 6.07) is 0.688. The predicted molar refractivity (Wildman–Crippen MR) is 176 cm³/mol. The largest absolute Gasteiger partial charge is 0.483 e. The van der Waals surface area contributed by atoms with Gasteiger partial charge in [0.25, 0.3) is 6.47 Å². The molecule has 0 aromatic rings. The van der Waals surface area contributed by atoms with Crippen LogP contribution < -0.4 is 5.32 Å². The lowest BCUT2D eigenvalue weighted by atomic mass is 9.85. The Kier molecular flexibility index (Phi) is 19.4. The van der Waals surface area contributed by atoms with Gasteiger partial charge in [-0.3, -0.25) is 9.69 Å². The standard InChI is InChI=1S/C28H50N4O3S2.C2H6.CH2O2/c1-5-21-37(34,35)31-19-17-30(18-20-31)22-27(6-2)36-24(4)29-28(33)32(25-11-9-7-8-10-12-25)26-15-13-23(3)14-16-26;1-2;2-1-3/h6,23,25-26H,4-5,7-22H2,1-3H3,(H,29,33);1-2H3;1H,(H,2,3)/b27-6-;;. The van der Waals surface area contributed by atoms with Gasteiger partial charge in [0.2, 0.25) is 10.0 Å². The highest BCUT2D eigenvalue weighted by Gasteiger charge is 2.33. The number of sulfonamides is 1. The monoisotopic (exact) mass is 630 g/mol. The second kappa shape index (κ2) is 21.2. The maximum Gasteiger partial charge on any atom is 0.322 e. The molecule has 2 saturated carbocycles. The van der Waals surface area contributed by atoms with E-state index < -0.39 is 10.0 Å². The zero-order valence-electron chi connectivity index (χ0n) is 26.9. The van der Waals surface area contributed by atoms with Crippen LogP contribution in [0.2, 0.25) is 0 Å². The van der Waals surface area contributed by atoms with Crippen molar-refractivity contribution in [3.63, 3.8) is 0 Å². The highest BCUT2D eigenvalue weighted by molar-refractivity contribution is 8.06. The molecule has 1 saturated heterocycles. The van der Waals surface area contributed by atoms with Crippen molar-refractivity contribution in [2.45, 2.75) is 117 Å². The molecule has 1 heterocycles. The van der Waals surface area contributed by atoms with Gasteiger partial charge in [-0.05, 0) is 57.8 Å². The number of carboxylic acid groups (broad SMARTS) is 1. The van der Waals surface area contributed by atoms with Gasteiger partial charge in [0.05, 0.1) is 10.8 Å². The molecular formula is C31H58N4O5S2. The lowest BCUT2D eigenvalue weighted by Crippen LogP contribution is -2.52. The van der Waals surface area contributed by atoms with Crippen molar-refractivity contribution in [3.8, 4) is 0 Å². The Bertz CT molecular complexity index is 920. The van der Waals surface area contributed by atoms with Crippen molar-refractivity contribution in [1.82, 2.24) is 19.4 Å². The summed E-state index contributed by atoms with van der Waals surface area (Å²) in [6.07, 6.45) is 14.5. The summed E-state index contributed by atoms with van der Waals surface area (Å²) in [5, 5.41) is 10.7. The van der Waals surface area contributed by atoms with Gasteiger partial charge in [0.15, 0.2) is 0 Å². The molecule has 0 radical (unpaired) electrons. The summed E-state index contributed by atoms with van der Waals surface area (Å²) in [7, 11) is -3.14. The molecule has 0 spiro atoms. The number of allylic oxidation sites excluding steroid dienone is 1. The van der Waals surface area contributed by atoms with Crippen molar-refractivity contribution >= 4 is 34.3 Å². The maximum absolute atomic E-state index is 13.6. The topological polar surface area (TPSA) is 110 Å². The lowest BCUT2D eigenvalue weighted by Gasteiger charge is -2.41. The van der Waals surface area contributed by atoms with Crippen LogP contribution in [0.25, 0.3) is 0 Å². The quantitative estimate of drug-likeness (QED) is 0.210. The molecule has 0 atom stereocenters. The Morgan fingerprint density at radius 2 is 1.52 bits per heavy atom. The minimum atomic E-state index is -3.14. The fraction of sp³-hybridized carbons (Fsp3) is 0.806. The first-order valence-corrected chi connectivity index (χ1v) is 18.5. The summed E-state index contributed by atoms with van der Waals surface area (Å²) in [4.78, 5) is 27.6. The van der Waals surface area contributed by atoms with E-state index in [4.69, 9.17) is 9.90 Å². The van der Waals surface area contributed by atoms with E-state index in [2.05, 4.69) is 34.7 Å². The van der Waals surface area contributed by atoms with Crippen LogP contribution in [-0.4, -0.2) is 90.7 Å². The summed E-state index contributed by atoms with van der Waals surface area (Å²) in [5.74, 6) is 0.979. The second-order valence-corrected chi connectivity index (χ2v) is 14.6. The van der Waals surface area contributed by atoms with Crippen molar-refractivity contribution in [2.75, 3.05) is 38.5 Å². The van der Waals surface area contributed by atoms with Crippen LogP contribution in [0.5, 0.6) is 0 Å². The number of urea groups is 1. The Hall–Kier alpha value is -1.56. The molecule has 9 nitrogen and oxygen atoms in total. The van der Waals surface area contributed by atoms with E-state index in [1.165, 1.54) is 50.3 Å². The van der Waals surface area contributed by atoms with Gasteiger partial charge < -0.3 is 15.3 Å². The first kappa shape index (κ1) is 38.5. The van der Waals surface area contributed by atoms with Gasteiger partial charge in [-0.15, -0.1) is 0 Å². The van der Waals surface area contributed by atoms with Gasteiger partial charge in [-0.25, -0.2) is 13.2 Å². The molecule has 2 amide bonds. The molecule has 11 heteroatoms. The predicted octanol–water partition coefficient (Wildman–Crippen LogP) is 6.49. The molecular weight excluding hydrogens is 572 g/mol. The van der Waals surface area contributed by atoms with E-state index in [1.807, 2.05) is 27.7 Å². The smallest absolute Gasteiger partial charge is 0.322 e. The van der Waals surface area contributed by atoms with E-state index in [9.17, 15) is 13.2 Å². The van der Waals surface area contributed by atoms with Crippen molar-refractivity contribution in [3.05, 3.63) is 22.6 Å². The fourth-order valence-corrected chi connectivity index (χ4v) is 8.32. The molecule has 1 aliphatic heterocycles. The Morgan fingerprint density at radius 3 is 2.02 bits per heavy atom. The van der Waals surface area contributed by atoms with Gasteiger partial charge in [0.1, 0.15) is 0 Å². The van der Waals surface area contributed by atoms with Crippen molar-refractivity contribution in [1.29, 1.82) is 0 Å². The molecule has 0 bridgehead atoms. The number of rotatable bonds is 10. The summed E-state index contributed by atoms with van der Waals surface area (Å²) in [5.41, 5.74) is 0. The van der Waals surface area contributed by atoms with Gasteiger partial charge >= 0.3 is 6.03 Å². The average Bonchev–Trinajstić information content (AvgIpc) is 3.25. The molecule has 2 aliphatic carbocycles. The third-order valence-electron chi connectivity index (χ3n) is 8.22. The number of nitrogens with zero attached hydrogens (tertiary/aromatic N) is 3. The van der Waals surface area contributed by atoms with E-state index in [0.29, 0.717) is 36.6 Å². The summed E-state index contributed by atoms with van der Waals surface area (Å²) in [6.45, 7) is 17.5. The van der Waals surface area contributed by atoms with E-state index in [1.54, 1.807) is 4.31 Å². The highest BCUT2D eigenvalue weighted by atomic mass is 32.2. The van der Waals surface area contributed by atoms with Crippen LogP contribution in [0, 0.1) is 5.92 Å². The third kappa shape index (κ3) is 13.4. The number of carbonyl (C=O) groups is 2. The van der Waals surface area contributed by atoms with Crippen LogP contribution in [-0.2, 0) is 14.8 Å². The zero-order valence-corrected chi connectivity index (χ0v) is 28.5. The summed E-state index contributed by atoms with van der Waals surface area (Å²) < 4.78 is 26.4. The number of piperazine rings is 1. The van der Waals surface area contributed by atoms with Crippen LogP contribution in [0.3, 0.4) is 0 Å². The molecule has 3 fully saturated rings. The number of hydrogen-bond acceptors (Lipinski definition) is 6. The molecule has 244 valence electrons. The van der Waals surface area contributed by atoms with Crippen LogP contribution in [0.1, 0.15) is 105 Å². The van der Waals surface area contributed by atoms with Crippen molar-refractivity contribution in [2.24, 2.45) is 5.92 Å². The van der Waals surface area contributed by atoms with Crippen LogP contribution >= 0.6 is 11.8 Å². The molecule has 0 aromatic heterocycles. The van der Waals surface area contributed by atoms with E-state index in [0.717, 1.165) is 56.1 Å². The fourth-order valence-electron chi connectivity index (χ4n) is 6.01. The normalized spacial score (nSPS) is 22.8. The van der Waals surface area contributed by atoms with Gasteiger partial charge in [-0.1, -0.05) is 77.8 Å².